The fourth-order valence-corrected chi connectivity index (χ4v) is 3.57. The van der Waals surface area contributed by atoms with Crippen molar-refractivity contribution >= 4 is 11.9 Å². The highest BCUT2D eigenvalue weighted by atomic mass is 16.5. The normalized spacial score (nSPS) is 22.9. The summed E-state index contributed by atoms with van der Waals surface area (Å²) in [5.41, 5.74) is 2.12. The maximum Gasteiger partial charge on any atom is 0.322 e. The second-order valence-electron chi connectivity index (χ2n) is 6.57. The summed E-state index contributed by atoms with van der Waals surface area (Å²) in [5, 5.41) is 2.94. The van der Waals surface area contributed by atoms with Crippen LogP contribution in [-0.4, -0.2) is 55.6 Å². The number of nitrogens with zero attached hydrogens (tertiary/aromatic N) is 2. The summed E-state index contributed by atoms with van der Waals surface area (Å²) in [6, 6.07) is 4.93. The Morgan fingerprint density at radius 1 is 1.16 bits per heavy atom. The molecule has 0 saturated heterocycles. The number of methoxy groups -OCH3 is 2. The quantitative estimate of drug-likeness (QED) is 0.903. The molecule has 0 unspecified atom stereocenters. The first-order valence-corrected chi connectivity index (χ1v) is 8.35. The van der Waals surface area contributed by atoms with Gasteiger partial charge in [-0.05, 0) is 31.0 Å². The first-order chi connectivity index (χ1) is 12.0. The van der Waals surface area contributed by atoms with Crippen molar-refractivity contribution in [3.63, 3.8) is 0 Å². The van der Waals surface area contributed by atoms with Crippen LogP contribution >= 0.6 is 0 Å². The lowest BCUT2D eigenvalue weighted by atomic mass is 9.94. The minimum absolute atomic E-state index is 0.000719. The van der Waals surface area contributed by atoms with E-state index < -0.39 is 6.04 Å². The van der Waals surface area contributed by atoms with Gasteiger partial charge in [-0.25, -0.2) is 4.79 Å². The third kappa shape index (κ3) is 2.42. The molecule has 25 heavy (non-hydrogen) atoms. The fourth-order valence-electron chi connectivity index (χ4n) is 3.57. The number of ether oxygens (including phenoxy) is 2. The summed E-state index contributed by atoms with van der Waals surface area (Å²) in [7, 11) is 4.86. The molecule has 3 aliphatic rings. The molecule has 7 nitrogen and oxygen atoms in total. The maximum atomic E-state index is 13.0. The Balaban J connectivity index is 1.81. The molecule has 1 saturated carbocycles. The van der Waals surface area contributed by atoms with Gasteiger partial charge in [0.1, 0.15) is 11.5 Å². The molecule has 1 aromatic rings. The van der Waals surface area contributed by atoms with E-state index in [1.807, 2.05) is 11.0 Å². The molecule has 1 aromatic carbocycles. The summed E-state index contributed by atoms with van der Waals surface area (Å²) in [5.74, 6) is 1.26. The van der Waals surface area contributed by atoms with Crippen LogP contribution in [0.25, 0.3) is 0 Å². The van der Waals surface area contributed by atoms with E-state index >= 15 is 0 Å². The minimum atomic E-state index is -0.542. The van der Waals surface area contributed by atoms with Crippen LogP contribution in [0.3, 0.4) is 0 Å². The van der Waals surface area contributed by atoms with E-state index in [0.717, 1.165) is 24.1 Å². The lowest BCUT2D eigenvalue weighted by Crippen LogP contribution is -2.45. The van der Waals surface area contributed by atoms with E-state index in [4.69, 9.17) is 9.47 Å². The molecule has 0 aromatic heterocycles. The van der Waals surface area contributed by atoms with E-state index in [0.29, 0.717) is 29.7 Å². The van der Waals surface area contributed by atoms with E-state index in [-0.39, 0.29) is 11.9 Å². The molecule has 2 heterocycles. The monoisotopic (exact) mass is 343 g/mol. The van der Waals surface area contributed by atoms with Crippen molar-refractivity contribution in [1.29, 1.82) is 0 Å². The maximum absolute atomic E-state index is 13.0. The number of carbonyl (C=O) groups is 2. The summed E-state index contributed by atoms with van der Waals surface area (Å²) in [6.45, 7) is 0.492. The zero-order chi connectivity index (χ0) is 17.7. The largest absolute Gasteiger partial charge is 0.497 e. The minimum Gasteiger partial charge on any atom is -0.497 e. The van der Waals surface area contributed by atoms with Gasteiger partial charge < -0.3 is 19.7 Å². The topological polar surface area (TPSA) is 71.1 Å². The van der Waals surface area contributed by atoms with Gasteiger partial charge in [0, 0.05) is 18.7 Å². The molecule has 3 amide bonds. The number of urea groups is 1. The summed E-state index contributed by atoms with van der Waals surface area (Å²) < 4.78 is 10.8. The first-order valence-electron chi connectivity index (χ1n) is 8.35. The first kappa shape index (κ1) is 15.8. The van der Waals surface area contributed by atoms with E-state index in [1.165, 1.54) is 0 Å². The number of nitrogens with one attached hydrogen (secondary N) is 1. The van der Waals surface area contributed by atoms with Gasteiger partial charge in [0.25, 0.3) is 5.91 Å². The SMILES string of the molecule is COc1ccc(OC)c([C@H]2NC(=O)N(C)C3=C2C(=O)N(C2CC2)C3)c1. The van der Waals surface area contributed by atoms with E-state index in [9.17, 15) is 9.59 Å². The van der Waals surface area contributed by atoms with Crippen molar-refractivity contribution in [3.8, 4) is 11.5 Å². The third-order valence-electron chi connectivity index (χ3n) is 5.12. The van der Waals surface area contributed by atoms with Gasteiger partial charge in [0.2, 0.25) is 0 Å². The molecule has 0 radical (unpaired) electrons. The van der Waals surface area contributed by atoms with Crippen molar-refractivity contribution in [2.24, 2.45) is 0 Å². The number of amides is 3. The predicted octanol–water partition coefficient (Wildman–Crippen LogP) is 1.66. The van der Waals surface area contributed by atoms with Crippen LogP contribution in [0.4, 0.5) is 4.79 Å². The number of benzene rings is 1. The van der Waals surface area contributed by atoms with Gasteiger partial charge in [-0.2, -0.15) is 0 Å². The molecule has 7 heteroatoms. The Morgan fingerprint density at radius 3 is 2.56 bits per heavy atom. The zero-order valence-corrected chi connectivity index (χ0v) is 14.5. The highest BCUT2D eigenvalue weighted by molar-refractivity contribution is 6.02. The molecule has 1 aliphatic carbocycles. The van der Waals surface area contributed by atoms with Crippen molar-refractivity contribution in [2.75, 3.05) is 27.8 Å². The molecular weight excluding hydrogens is 322 g/mol. The second-order valence-corrected chi connectivity index (χ2v) is 6.57. The third-order valence-corrected chi connectivity index (χ3v) is 5.12. The molecule has 0 bridgehead atoms. The number of hydrogen-bond donors (Lipinski definition) is 1. The summed E-state index contributed by atoms with van der Waals surface area (Å²) in [6.07, 6.45) is 2.06. The number of likely N-dealkylation sites (N-methyl/N-ethyl adjacent to an activating group) is 1. The van der Waals surface area contributed by atoms with Gasteiger partial charge >= 0.3 is 6.03 Å². The van der Waals surface area contributed by atoms with Gasteiger partial charge in [-0.3, -0.25) is 9.69 Å². The highest BCUT2D eigenvalue weighted by Gasteiger charge is 2.47. The molecule has 2 aliphatic heterocycles. The molecule has 1 fully saturated rings. The smallest absolute Gasteiger partial charge is 0.322 e. The van der Waals surface area contributed by atoms with Gasteiger partial charge in [-0.15, -0.1) is 0 Å². The van der Waals surface area contributed by atoms with E-state index in [1.54, 1.807) is 38.3 Å². The average Bonchev–Trinajstić information content (AvgIpc) is 3.41. The highest BCUT2D eigenvalue weighted by Crippen LogP contribution is 2.42. The Kier molecular flexibility index (Phi) is 3.59. The Hall–Kier alpha value is -2.70. The van der Waals surface area contributed by atoms with Crippen molar-refractivity contribution in [1.82, 2.24) is 15.1 Å². The van der Waals surface area contributed by atoms with Crippen LogP contribution in [-0.2, 0) is 4.79 Å². The standard InChI is InChI=1S/C18H21N3O4/c1-20-13-9-21(10-4-5-10)17(22)15(13)16(19-18(20)23)12-8-11(24-2)6-7-14(12)25-3/h6-8,10,16H,4-5,9H2,1-3H3,(H,19,23)/t16-/m1/s1. The van der Waals surface area contributed by atoms with Crippen LogP contribution in [0.2, 0.25) is 0 Å². The number of carbonyl (C=O) groups excluding carboxylic acids is 2. The van der Waals surface area contributed by atoms with Gasteiger partial charge in [-0.1, -0.05) is 0 Å². The molecular formula is C18H21N3O4. The van der Waals surface area contributed by atoms with Crippen LogP contribution < -0.4 is 14.8 Å². The Bertz CT molecular complexity index is 785. The second kappa shape index (κ2) is 5.68. The van der Waals surface area contributed by atoms with Crippen molar-refractivity contribution in [2.45, 2.75) is 24.9 Å². The van der Waals surface area contributed by atoms with Crippen LogP contribution in [0, 0.1) is 0 Å². The fraction of sp³-hybridized carbons (Fsp3) is 0.444. The lowest BCUT2D eigenvalue weighted by molar-refractivity contribution is -0.126. The molecule has 132 valence electrons. The van der Waals surface area contributed by atoms with E-state index in [2.05, 4.69) is 5.32 Å². The summed E-state index contributed by atoms with van der Waals surface area (Å²) in [4.78, 5) is 28.9. The van der Waals surface area contributed by atoms with Gasteiger partial charge in [0.05, 0.1) is 38.1 Å². The van der Waals surface area contributed by atoms with Crippen LogP contribution in [0.15, 0.2) is 29.5 Å². The molecule has 1 N–H and O–H groups in total. The average molecular weight is 343 g/mol. The predicted molar refractivity (Wildman–Crippen MR) is 90.3 cm³/mol. The number of rotatable bonds is 4. The van der Waals surface area contributed by atoms with Crippen molar-refractivity contribution < 1.29 is 19.1 Å². The molecule has 1 atom stereocenters. The zero-order valence-electron chi connectivity index (χ0n) is 14.5. The number of hydrogen-bond acceptors (Lipinski definition) is 4. The van der Waals surface area contributed by atoms with Crippen molar-refractivity contribution in [3.05, 3.63) is 35.0 Å². The van der Waals surface area contributed by atoms with Crippen LogP contribution in [0.1, 0.15) is 24.4 Å². The Labute approximate surface area is 146 Å². The Morgan fingerprint density at radius 2 is 1.92 bits per heavy atom. The lowest BCUT2D eigenvalue weighted by Gasteiger charge is -2.31. The molecule has 4 rings (SSSR count). The van der Waals surface area contributed by atoms with Crippen LogP contribution in [0.5, 0.6) is 11.5 Å². The summed E-state index contributed by atoms with van der Waals surface area (Å²) >= 11 is 0. The van der Waals surface area contributed by atoms with Gasteiger partial charge in [0.15, 0.2) is 0 Å². The molecule has 0 spiro atoms.